The Morgan fingerprint density at radius 3 is 2.58 bits per heavy atom. The summed E-state index contributed by atoms with van der Waals surface area (Å²) >= 11 is 5.46. The van der Waals surface area contributed by atoms with Crippen molar-refractivity contribution in [2.24, 2.45) is 0 Å². The summed E-state index contributed by atoms with van der Waals surface area (Å²) < 4.78 is 38.9. The van der Waals surface area contributed by atoms with Crippen molar-refractivity contribution in [3.05, 3.63) is 40.7 Å². The zero-order chi connectivity index (χ0) is 14.2. The number of carboxylic acid groups (broad SMARTS) is 1. The molecule has 2 aromatic rings. The molecule has 9 heteroatoms. The van der Waals surface area contributed by atoms with Gasteiger partial charge in [0.15, 0.2) is 5.69 Å². The van der Waals surface area contributed by atoms with E-state index < -0.39 is 22.7 Å². The van der Waals surface area contributed by atoms with Gasteiger partial charge in [0.05, 0.1) is 22.5 Å². The summed E-state index contributed by atoms with van der Waals surface area (Å²) in [4.78, 5) is 10.6. The largest absolute Gasteiger partial charge is 0.476 e. The number of alkyl halides is 3. The fraction of sp³-hybridized carbons (Fsp3) is 0.100. The van der Waals surface area contributed by atoms with Crippen molar-refractivity contribution in [3.63, 3.8) is 0 Å². The van der Waals surface area contributed by atoms with E-state index in [1.54, 1.807) is 0 Å². The zero-order valence-corrected chi connectivity index (χ0v) is 9.77. The highest BCUT2D eigenvalue weighted by Crippen LogP contribution is 2.35. The van der Waals surface area contributed by atoms with Crippen LogP contribution in [0, 0.1) is 0 Å². The summed E-state index contributed by atoms with van der Waals surface area (Å²) in [5.41, 5.74) is -1.39. The topological polar surface area (TPSA) is 68.0 Å². The van der Waals surface area contributed by atoms with E-state index in [9.17, 15) is 18.0 Å². The molecule has 5 nitrogen and oxygen atoms in total. The number of carboxylic acids is 1. The maximum Gasteiger partial charge on any atom is 0.417 e. The van der Waals surface area contributed by atoms with Gasteiger partial charge in [-0.2, -0.15) is 13.2 Å². The number of benzene rings is 1. The molecule has 100 valence electrons. The minimum absolute atomic E-state index is 0.0109. The van der Waals surface area contributed by atoms with Gasteiger partial charge in [0, 0.05) is 0 Å². The van der Waals surface area contributed by atoms with Crippen LogP contribution in [0.2, 0.25) is 5.02 Å². The Morgan fingerprint density at radius 2 is 2.05 bits per heavy atom. The number of halogens is 4. The fourth-order valence-corrected chi connectivity index (χ4v) is 1.59. The lowest BCUT2D eigenvalue weighted by molar-refractivity contribution is -0.137. The van der Waals surface area contributed by atoms with Gasteiger partial charge in [-0.05, 0) is 18.2 Å². The number of nitrogens with zero attached hydrogens (tertiary/aromatic N) is 3. The van der Waals surface area contributed by atoms with Gasteiger partial charge in [-0.1, -0.05) is 16.8 Å². The van der Waals surface area contributed by atoms with Gasteiger partial charge in [-0.15, -0.1) is 5.10 Å². The predicted molar refractivity (Wildman–Crippen MR) is 58.3 cm³/mol. The van der Waals surface area contributed by atoms with Gasteiger partial charge in [-0.25, -0.2) is 9.48 Å². The number of aromatic carboxylic acids is 1. The standard InChI is InChI=1S/C10H5ClF3N3O2/c11-7-2-1-5(3-6(7)10(12,13)14)17-4-8(9(18)19)15-16-17/h1-4H,(H,18,19). The highest BCUT2D eigenvalue weighted by molar-refractivity contribution is 6.31. The van der Waals surface area contributed by atoms with Crippen molar-refractivity contribution in [3.8, 4) is 5.69 Å². The van der Waals surface area contributed by atoms with Crippen LogP contribution in [0.25, 0.3) is 5.69 Å². The van der Waals surface area contributed by atoms with Crippen LogP contribution < -0.4 is 0 Å². The van der Waals surface area contributed by atoms with Crippen LogP contribution in [-0.4, -0.2) is 26.1 Å². The summed E-state index contributed by atoms with van der Waals surface area (Å²) in [6.45, 7) is 0. The molecule has 1 aromatic heterocycles. The quantitative estimate of drug-likeness (QED) is 0.923. The van der Waals surface area contributed by atoms with Crippen LogP contribution in [0.15, 0.2) is 24.4 Å². The van der Waals surface area contributed by atoms with E-state index in [4.69, 9.17) is 16.7 Å². The fourth-order valence-electron chi connectivity index (χ4n) is 1.36. The van der Waals surface area contributed by atoms with Gasteiger partial charge < -0.3 is 5.11 Å². The summed E-state index contributed by atoms with van der Waals surface area (Å²) in [6.07, 6.45) is -3.60. The normalized spacial score (nSPS) is 11.6. The third kappa shape index (κ3) is 2.68. The van der Waals surface area contributed by atoms with E-state index in [-0.39, 0.29) is 11.4 Å². The molecule has 0 aliphatic heterocycles. The van der Waals surface area contributed by atoms with Gasteiger partial charge in [0.25, 0.3) is 0 Å². The molecule has 0 bridgehead atoms. The maximum absolute atomic E-state index is 12.7. The Morgan fingerprint density at radius 1 is 1.37 bits per heavy atom. The lowest BCUT2D eigenvalue weighted by Crippen LogP contribution is -2.07. The second-order valence-corrected chi connectivity index (χ2v) is 3.92. The second-order valence-electron chi connectivity index (χ2n) is 3.52. The Hall–Kier alpha value is -2.09. The zero-order valence-electron chi connectivity index (χ0n) is 9.02. The second kappa shape index (κ2) is 4.54. The van der Waals surface area contributed by atoms with Crippen LogP contribution in [0.4, 0.5) is 13.2 Å². The van der Waals surface area contributed by atoms with Crippen LogP contribution in [0.5, 0.6) is 0 Å². The van der Waals surface area contributed by atoms with Crippen molar-refractivity contribution >= 4 is 17.6 Å². The van der Waals surface area contributed by atoms with Crippen LogP contribution in [-0.2, 0) is 6.18 Å². The molecule has 1 aromatic carbocycles. The summed E-state index contributed by atoms with van der Waals surface area (Å²) in [5.74, 6) is -1.32. The Balaban J connectivity index is 2.48. The monoisotopic (exact) mass is 291 g/mol. The molecular formula is C10H5ClF3N3O2. The highest BCUT2D eigenvalue weighted by Gasteiger charge is 2.33. The minimum atomic E-state index is -4.61. The molecular weight excluding hydrogens is 287 g/mol. The van der Waals surface area contributed by atoms with Crippen LogP contribution in [0.3, 0.4) is 0 Å². The van der Waals surface area contributed by atoms with Gasteiger partial charge in [0.2, 0.25) is 0 Å². The van der Waals surface area contributed by atoms with E-state index in [1.807, 2.05) is 0 Å². The van der Waals surface area contributed by atoms with Gasteiger partial charge in [-0.3, -0.25) is 0 Å². The molecule has 0 spiro atoms. The molecule has 1 heterocycles. The third-order valence-electron chi connectivity index (χ3n) is 2.23. The number of rotatable bonds is 2. The Kier molecular flexibility index (Phi) is 3.19. The van der Waals surface area contributed by atoms with Gasteiger partial charge >= 0.3 is 12.1 Å². The third-order valence-corrected chi connectivity index (χ3v) is 2.56. The lowest BCUT2D eigenvalue weighted by atomic mass is 10.2. The summed E-state index contributed by atoms with van der Waals surface area (Å²) in [6, 6.07) is 3.10. The minimum Gasteiger partial charge on any atom is -0.476 e. The molecule has 0 radical (unpaired) electrons. The molecule has 0 unspecified atom stereocenters. The molecule has 0 saturated carbocycles. The SMILES string of the molecule is O=C(O)c1cn(-c2ccc(Cl)c(C(F)(F)F)c2)nn1. The molecule has 0 fully saturated rings. The molecule has 0 aliphatic rings. The first-order valence-corrected chi connectivity index (χ1v) is 5.19. The smallest absolute Gasteiger partial charge is 0.417 e. The average Bonchev–Trinajstić information content (AvgIpc) is 2.77. The maximum atomic E-state index is 12.7. The first kappa shape index (κ1) is 13.3. The van der Waals surface area contributed by atoms with Crippen molar-refractivity contribution < 1.29 is 23.1 Å². The van der Waals surface area contributed by atoms with Crippen molar-refractivity contribution in [1.82, 2.24) is 15.0 Å². The lowest BCUT2D eigenvalue weighted by Gasteiger charge is -2.10. The first-order valence-electron chi connectivity index (χ1n) is 4.82. The van der Waals surface area contributed by atoms with E-state index in [2.05, 4.69) is 10.3 Å². The van der Waals surface area contributed by atoms with Crippen molar-refractivity contribution in [2.45, 2.75) is 6.18 Å². The Bertz CT molecular complexity index is 639. The van der Waals surface area contributed by atoms with Crippen molar-refractivity contribution in [2.75, 3.05) is 0 Å². The molecule has 1 N–H and O–H groups in total. The van der Waals surface area contributed by atoms with E-state index >= 15 is 0 Å². The summed E-state index contributed by atoms with van der Waals surface area (Å²) in [7, 11) is 0. The predicted octanol–water partition coefficient (Wildman–Crippen LogP) is 2.64. The number of aromatic nitrogens is 3. The van der Waals surface area contributed by atoms with Crippen LogP contribution >= 0.6 is 11.6 Å². The Labute approximate surface area is 109 Å². The number of hydrogen-bond acceptors (Lipinski definition) is 3. The number of hydrogen-bond donors (Lipinski definition) is 1. The van der Waals surface area contributed by atoms with E-state index in [0.717, 1.165) is 23.0 Å². The molecule has 0 amide bonds. The average molecular weight is 292 g/mol. The van der Waals surface area contributed by atoms with Gasteiger partial charge in [0.1, 0.15) is 0 Å². The number of carbonyl (C=O) groups is 1. The summed E-state index contributed by atoms with van der Waals surface area (Å²) in [5, 5.41) is 14.9. The molecule has 2 rings (SSSR count). The molecule has 0 saturated heterocycles. The molecule has 0 aliphatic carbocycles. The first-order chi connectivity index (χ1) is 8.79. The van der Waals surface area contributed by atoms with E-state index in [1.165, 1.54) is 6.07 Å². The van der Waals surface area contributed by atoms with Crippen LogP contribution in [0.1, 0.15) is 16.1 Å². The van der Waals surface area contributed by atoms with Crippen molar-refractivity contribution in [1.29, 1.82) is 0 Å². The van der Waals surface area contributed by atoms with E-state index in [0.29, 0.717) is 0 Å². The molecule has 0 atom stereocenters. The molecule has 19 heavy (non-hydrogen) atoms. The highest BCUT2D eigenvalue weighted by atomic mass is 35.5.